The second-order valence-corrected chi connectivity index (χ2v) is 3.35. The molecule has 0 amide bonds. The summed E-state index contributed by atoms with van der Waals surface area (Å²) in [7, 11) is 0. The normalized spacial score (nSPS) is 16.7. The maximum atomic E-state index is 4.15. The number of amidine groups is 1. The Hall–Kier alpha value is -0.770. The van der Waals surface area contributed by atoms with E-state index in [0.717, 1.165) is 12.4 Å². The molecule has 0 saturated heterocycles. The van der Waals surface area contributed by atoms with Gasteiger partial charge < -0.3 is 0 Å². The molecule has 4 heteroatoms. The minimum Gasteiger partial charge on any atom is -0.275 e. The van der Waals surface area contributed by atoms with Crippen molar-refractivity contribution in [3.63, 3.8) is 0 Å². The Morgan fingerprint density at radius 2 is 2.25 bits per heavy atom. The molecule has 0 radical (unpaired) electrons. The summed E-state index contributed by atoms with van der Waals surface area (Å²) < 4.78 is 0. The van der Waals surface area contributed by atoms with Gasteiger partial charge in [0.15, 0.2) is 0 Å². The van der Waals surface area contributed by atoms with Gasteiger partial charge in [0.25, 0.3) is 0 Å². The molecule has 70 valence electrons. The molecule has 0 atom stereocenters. The van der Waals surface area contributed by atoms with Crippen LogP contribution in [0.4, 0.5) is 0 Å². The molecule has 0 fully saturated rings. The van der Waals surface area contributed by atoms with E-state index >= 15 is 0 Å². The van der Waals surface area contributed by atoms with Crippen molar-refractivity contribution in [2.45, 2.75) is 33.6 Å². The van der Waals surface area contributed by atoms with Crippen LogP contribution in [0, 0.1) is 5.92 Å². The van der Waals surface area contributed by atoms with Gasteiger partial charge in [0.2, 0.25) is 0 Å². The van der Waals surface area contributed by atoms with Gasteiger partial charge in [-0.05, 0) is 6.42 Å². The highest BCUT2D eigenvalue weighted by Crippen LogP contribution is 2.05. The average molecular weight is 170 g/mol. The highest BCUT2D eigenvalue weighted by atomic mass is 15.8. The first-order chi connectivity index (χ1) is 5.75. The molecular formula is C8H18N4. The van der Waals surface area contributed by atoms with E-state index < -0.39 is 0 Å². The van der Waals surface area contributed by atoms with Crippen molar-refractivity contribution < 1.29 is 0 Å². The summed E-state index contributed by atoms with van der Waals surface area (Å²) >= 11 is 0. The van der Waals surface area contributed by atoms with E-state index in [1.807, 2.05) is 0 Å². The van der Waals surface area contributed by atoms with Crippen molar-refractivity contribution in [3.05, 3.63) is 0 Å². The van der Waals surface area contributed by atoms with Crippen molar-refractivity contribution >= 4 is 5.84 Å². The zero-order valence-electron chi connectivity index (χ0n) is 8.09. The van der Waals surface area contributed by atoms with E-state index in [9.17, 15) is 0 Å². The Labute approximate surface area is 74.0 Å². The van der Waals surface area contributed by atoms with Gasteiger partial charge in [-0.2, -0.15) is 0 Å². The van der Waals surface area contributed by atoms with Crippen LogP contribution in [0.25, 0.3) is 0 Å². The van der Waals surface area contributed by atoms with Crippen molar-refractivity contribution in [2.24, 2.45) is 11.0 Å². The lowest BCUT2D eigenvalue weighted by Crippen LogP contribution is -2.42. The molecule has 1 rings (SSSR count). The predicted molar refractivity (Wildman–Crippen MR) is 50.2 cm³/mol. The molecule has 0 aromatic carbocycles. The predicted octanol–water partition coefficient (Wildman–Crippen LogP) is 1.08. The highest BCUT2D eigenvalue weighted by molar-refractivity contribution is 5.84. The molecule has 0 aromatic heterocycles. The zero-order chi connectivity index (χ0) is 8.97. The Kier molecular flexibility index (Phi) is 3.34. The second-order valence-electron chi connectivity index (χ2n) is 3.35. The molecule has 1 aliphatic rings. The smallest absolute Gasteiger partial charge is 0.144 e. The first kappa shape index (κ1) is 9.32. The lowest BCUT2D eigenvalue weighted by Gasteiger charge is -2.20. The lowest BCUT2D eigenvalue weighted by molar-refractivity contribution is 0.282. The summed E-state index contributed by atoms with van der Waals surface area (Å²) in [5, 5.41) is 6.23. The maximum absolute atomic E-state index is 4.15. The van der Waals surface area contributed by atoms with Gasteiger partial charge in [0, 0.05) is 12.5 Å². The molecule has 12 heavy (non-hydrogen) atoms. The SMILES string of the molecule is CCCCN1NNN=C1C(C)C. The fourth-order valence-corrected chi connectivity index (χ4v) is 1.19. The largest absolute Gasteiger partial charge is 0.275 e. The van der Waals surface area contributed by atoms with Crippen molar-refractivity contribution in [1.82, 2.24) is 16.1 Å². The number of nitrogens with one attached hydrogen (secondary N) is 2. The topological polar surface area (TPSA) is 39.7 Å². The molecule has 2 N–H and O–H groups in total. The number of hydrazine groups is 2. The van der Waals surface area contributed by atoms with Gasteiger partial charge in [-0.1, -0.05) is 27.2 Å². The first-order valence-corrected chi connectivity index (χ1v) is 4.61. The Balaban J connectivity index is 2.39. The fraction of sp³-hybridized carbons (Fsp3) is 0.875. The van der Waals surface area contributed by atoms with Crippen LogP contribution in [0.5, 0.6) is 0 Å². The number of hydrogen-bond donors (Lipinski definition) is 2. The zero-order valence-corrected chi connectivity index (χ0v) is 8.09. The quantitative estimate of drug-likeness (QED) is 0.663. The monoisotopic (exact) mass is 170 g/mol. The van der Waals surface area contributed by atoms with Gasteiger partial charge in [-0.3, -0.25) is 5.01 Å². The standard InChI is InChI=1S/C8H18N4/c1-4-5-6-12-8(7(2)3)9-10-11-12/h7,10-11H,4-6H2,1-3H3. The minimum absolute atomic E-state index is 0.476. The number of hydrogen-bond acceptors (Lipinski definition) is 4. The molecule has 4 nitrogen and oxygen atoms in total. The van der Waals surface area contributed by atoms with Gasteiger partial charge in [0.05, 0.1) is 0 Å². The molecule has 1 heterocycles. The summed E-state index contributed by atoms with van der Waals surface area (Å²) in [5.41, 5.74) is 5.78. The van der Waals surface area contributed by atoms with E-state index in [0.29, 0.717) is 5.92 Å². The molecule has 1 aliphatic heterocycles. The van der Waals surface area contributed by atoms with Crippen LogP contribution in [0.2, 0.25) is 0 Å². The van der Waals surface area contributed by atoms with Crippen LogP contribution in [0.1, 0.15) is 33.6 Å². The van der Waals surface area contributed by atoms with Crippen LogP contribution >= 0.6 is 0 Å². The van der Waals surface area contributed by atoms with Gasteiger partial charge in [-0.15, -0.1) is 10.6 Å². The summed E-state index contributed by atoms with van der Waals surface area (Å²) in [6.07, 6.45) is 2.41. The number of nitrogens with zero attached hydrogens (tertiary/aromatic N) is 2. The summed E-state index contributed by atoms with van der Waals surface area (Å²) in [4.78, 5) is 0. The summed E-state index contributed by atoms with van der Waals surface area (Å²) in [6.45, 7) is 7.51. The molecule has 0 bridgehead atoms. The fourth-order valence-electron chi connectivity index (χ4n) is 1.19. The van der Waals surface area contributed by atoms with Gasteiger partial charge in [0.1, 0.15) is 5.84 Å². The number of unbranched alkanes of at least 4 members (excludes halogenated alkanes) is 1. The average Bonchev–Trinajstić information content (AvgIpc) is 2.48. The maximum Gasteiger partial charge on any atom is 0.144 e. The third kappa shape index (κ3) is 2.11. The summed E-state index contributed by atoms with van der Waals surface area (Å²) in [6, 6.07) is 0. The van der Waals surface area contributed by atoms with Crippen LogP contribution in [0.15, 0.2) is 5.10 Å². The van der Waals surface area contributed by atoms with E-state index in [4.69, 9.17) is 0 Å². The van der Waals surface area contributed by atoms with Crippen LogP contribution in [-0.2, 0) is 0 Å². The third-order valence-electron chi connectivity index (χ3n) is 1.88. The second kappa shape index (κ2) is 4.30. The molecule has 0 aliphatic carbocycles. The molecule has 0 saturated carbocycles. The first-order valence-electron chi connectivity index (χ1n) is 4.61. The van der Waals surface area contributed by atoms with E-state index in [1.54, 1.807) is 0 Å². The Morgan fingerprint density at radius 3 is 2.83 bits per heavy atom. The van der Waals surface area contributed by atoms with Crippen LogP contribution in [-0.4, -0.2) is 17.4 Å². The number of rotatable bonds is 4. The summed E-state index contributed by atoms with van der Waals surface area (Å²) in [5.74, 6) is 1.58. The highest BCUT2D eigenvalue weighted by Gasteiger charge is 2.18. The van der Waals surface area contributed by atoms with Gasteiger partial charge in [-0.25, -0.2) is 5.53 Å². The third-order valence-corrected chi connectivity index (χ3v) is 1.88. The molecule has 0 spiro atoms. The van der Waals surface area contributed by atoms with Crippen molar-refractivity contribution in [3.8, 4) is 0 Å². The Bertz CT molecular complexity index is 164. The molecule has 0 aromatic rings. The van der Waals surface area contributed by atoms with E-state index in [1.165, 1.54) is 12.8 Å². The minimum atomic E-state index is 0.476. The van der Waals surface area contributed by atoms with Crippen LogP contribution in [0.3, 0.4) is 0 Å². The lowest BCUT2D eigenvalue weighted by atomic mass is 10.2. The molecular weight excluding hydrogens is 152 g/mol. The molecule has 0 unspecified atom stereocenters. The Morgan fingerprint density at radius 1 is 1.50 bits per heavy atom. The van der Waals surface area contributed by atoms with Gasteiger partial charge >= 0.3 is 0 Å². The van der Waals surface area contributed by atoms with Crippen LogP contribution < -0.4 is 11.1 Å². The van der Waals surface area contributed by atoms with Crippen molar-refractivity contribution in [1.29, 1.82) is 0 Å². The van der Waals surface area contributed by atoms with E-state index in [-0.39, 0.29) is 0 Å². The van der Waals surface area contributed by atoms with E-state index in [2.05, 4.69) is 42.0 Å². The van der Waals surface area contributed by atoms with Crippen molar-refractivity contribution in [2.75, 3.05) is 6.54 Å². The number of hydrazone groups is 1.